The van der Waals surface area contributed by atoms with E-state index in [0.717, 1.165) is 5.56 Å². The van der Waals surface area contributed by atoms with Crippen LogP contribution in [0.5, 0.6) is 5.75 Å². The van der Waals surface area contributed by atoms with Crippen LogP contribution in [0.1, 0.15) is 30.9 Å². The number of hydrogen-bond donors (Lipinski definition) is 1. The summed E-state index contributed by atoms with van der Waals surface area (Å²) < 4.78 is 16.3. The van der Waals surface area contributed by atoms with Gasteiger partial charge in [0, 0.05) is 12.1 Å². The molecule has 0 fully saturated rings. The topological polar surface area (TPSA) is 138 Å². The number of nitro benzene ring substituents is 1. The number of nitro groups is 1. The lowest BCUT2D eigenvalue weighted by molar-refractivity contribution is -0.384. The van der Waals surface area contributed by atoms with Crippen molar-refractivity contribution in [2.45, 2.75) is 26.4 Å². The summed E-state index contributed by atoms with van der Waals surface area (Å²) in [6.45, 7) is 3.69. The smallest absolute Gasteiger partial charge is 0.338 e. The van der Waals surface area contributed by atoms with Gasteiger partial charge in [0.15, 0.2) is 0 Å². The summed E-state index contributed by atoms with van der Waals surface area (Å²) in [4.78, 5) is 22.8. The molecular formula is C23H21N3O6. The fraction of sp³-hybridized carbons (Fsp3) is 0.217. The summed E-state index contributed by atoms with van der Waals surface area (Å²) in [5.41, 5.74) is 7.67. The number of nitriles is 1. The third-order valence-electron chi connectivity index (χ3n) is 4.87. The van der Waals surface area contributed by atoms with E-state index in [2.05, 4.69) is 0 Å². The molecule has 1 unspecified atom stereocenters. The second-order valence-corrected chi connectivity index (χ2v) is 6.90. The first-order chi connectivity index (χ1) is 15.3. The highest BCUT2D eigenvalue weighted by atomic mass is 16.6. The molecule has 0 amide bonds. The maximum atomic E-state index is 12.6. The quantitative estimate of drug-likeness (QED) is 0.393. The Morgan fingerprint density at radius 3 is 2.44 bits per heavy atom. The van der Waals surface area contributed by atoms with Gasteiger partial charge in [0.25, 0.3) is 5.69 Å². The maximum absolute atomic E-state index is 12.6. The predicted octanol–water partition coefficient (Wildman–Crippen LogP) is 3.82. The van der Waals surface area contributed by atoms with Gasteiger partial charge in [-0.3, -0.25) is 10.1 Å². The van der Waals surface area contributed by atoms with Crippen molar-refractivity contribution in [3.8, 4) is 11.8 Å². The Hall–Kier alpha value is -4.32. The van der Waals surface area contributed by atoms with Crippen LogP contribution in [-0.4, -0.2) is 17.5 Å². The Bertz CT molecular complexity index is 1130. The minimum absolute atomic E-state index is 0.0101. The van der Waals surface area contributed by atoms with Crippen molar-refractivity contribution in [3.05, 3.63) is 92.6 Å². The van der Waals surface area contributed by atoms with E-state index in [1.165, 1.54) is 12.1 Å². The lowest BCUT2D eigenvalue weighted by Gasteiger charge is -2.26. The van der Waals surface area contributed by atoms with Crippen LogP contribution in [0, 0.1) is 21.4 Å². The molecule has 164 valence electrons. The molecule has 2 aromatic rings. The van der Waals surface area contributed by atoms with Crippen molar-refractivity contribution in [2.75, 3.05) is 6.61 Å². The molecule has 0 spiro atoms. The summed E-state index contributed by atoms with van der Waals surface area (Å²) in [6.07, 6.45) is 0. The van der Waals surface area contributed by atoms with Crippen molar-refractivity contribution >= 4 is 11.7 Å². The number of benzene rings is 2. The molecule has 3 rings (SSSR count). The zero-order chi connectivity index (χ0) is 23.3. The molecule has 9 nitrogen and oxygen atoms in total. The van der Waals surface area contributed by atoms with Crippen molar-refractivity contribution in [1.82, 2.24) is 0 Å². The maximum Gasteiger partial charge on any atom is 0.338 e. The van der Waals surface area contributed by atoms with Crippen LogP contribution in [0.3, 0.4) is 0 Å². The van der Waals surface area contributed by atoms with Crippen molar-refractivity contribution in [2.24, 2.45) is 5.73 Å². The Balaban J connectivity index is 1.82. The van der Waals surface area contributed by atoms with Gasteiger partial charge in [-0.25, -0.2) is 4.79 Å². The Labute approximate surface area is 184 Å². The van der Waals surface area contributed by atoms with Gasteiger partial charge in [0.2, 0.25) is 5.88 Å². The van der Waals surface area contributed by atoms with E-state index in [-0.39, 0.29) is 41.7 Å². The average molecular weight is 435 g/mol. The first-order valence-electron chi connectivity index (χ1n) is 9.77. The monoisotopic (exact) mass is 435 g/mol. The summed E-state index contributed by atoms with van der Waals surface area (Å²) in [5, 5.41) is 20.4. The number of esters is 1. The Morgan fingerprint density at radius 2 is 1.88 bits per heavy atom. The predicted molar refractivity (Wildman–Crippen MR) is 114 cm³/mol. The van der Waals surface area contributed by atoms with Gasteiger partial charge in [-0.05, 0) is 49.2 Å². The first kappa shape index (κ1) is 22.4. The minimum atomic E-state index is -0.725. The third-order valence-corrected chi connectivity index (χ3v) is 4.87. The highest BCUT2D eigenvalue weighted by Crippen LogP contribution is 2.40. The van der Waals surface area contributed by atoms with Gasteiger partial charge >= 0.3 is 5.97 Å². The van der Waals surface area contributed by atoms with Crippen LogP contribution >= 0.6 is 0 Å². The highest BCUT2D eigenvalue weighted by molar-refractivity contribution is 5.92. The molecule has 2 N–H and O–H groups in total. The fourth-order valence-corrected chi connectivity index (χ4v) is 3.33. The van der Waals surface area contributed by atoms with E-state index in [1.807, 2.05) is 6.07 Å². The number of allylic oxidation sites excluding steroid dienone is 2. The SMILES string of the molecule is CCOC(=O)C1=C(C)OC(N)=C(C#N)C1c1ccc(OCc2ccc([N+](=O)[O-])cc2)cc1. The molecule has 1 atom stereocenters. The fourth-order valence-electron chi connectivity index (χ4n) is 3.33. The summed E-state index contributed by atoms with van der Waals surface area (Å²) in [6, 6.07) is 15.0. The third kappa shape index (κ3) is 4.70. The van der Waals surface area contributed by atoms with E-state index in [4.69, 9.17) is 19.9 Å². The largest absolute Gasteiger partial charge is 0.489 e. The molecule has 2 aromatic carbocycles. The van der Waals surface area contributed by atoms with Crippen LogP contribution in [-0.2, 0) is 20.9 Å². The lowest BCUT2D eigenvalue weighted by atomic mass is 9.83. The molecule has 0 aromatic heterocycles. The van der Waals surface area contributed by atoms with Gasteiger partial charge in [-0.2, -0.15) is 5.26 Å². The standard InChI is InChI=1S/C23H21N3O6/c1-3-30-23(27)20-14(2)32-22(25)19(12-24)21(20)16-6-10-18(11-7-16)31-13-15-4-8-17(9-5-15)26(28)29/h4-11,21H,3,13,25H2,1-2H3. The first-order valence-corrected chi connectivity index (χ1v) is 9.77. The van der Waals surface area contributed by atoms with Crippen LogP contribution in [0.4, 0.5) is 5.69 Å². The molecule has 0 saturated heterocycles. The number of non-ortho nitro benzene ring substituents is 1. The van der Waals surface area contributed by atoms with Crippen LogP contribution in [0.2, 0.25) is 0 Å². The average Bonchev–Trinajstić information content (AvgIpc) is 2.78. The molecular weight excluding hydrogens is 414 g/mol. The Morgan fingerprint density at radius 1 is 1.22 bits per heavy atom. The van der Waals surface area contributed by atoms with Crippen LogP contribution in [0.15, 0.2) is 71.3 Å². The van der Waals surface area contributed by atoms with Gasteiger partial charge in [-0.1, -0.05) is 12.1 Å². The molecule has 32 heavy (non-hydrogen) atoms. The van der Waals surface area contributed by atoms with Crippen LogP contribution < -0.4 is 10.5 Å². The minimum Gasteiger partial charge on any atom is -0.489 e. The van der Waals surface area contributed by atoms with E-state index in [9.17, 15) is 20.2 Å². The molecule has 0 saturated carbocycles. The number of carbonyl (C=O) groups excluding carboxylic acids is 1. The number of nitrogens with two attached hydrogens (primary N) is 1. The van der Waals surface area contributed by atoms with Gasteiger partial charge < -0.3 is 19.9 Å². The normalized spacial score (nSPS) is 15.6. The zero-order valence-corrected chi connectivity index (χ0v) is 17.5. The summed E-state index contributed by atoms with van der Waals surface area (Å²) >= 11 is 0. The summed E-state index contributed by atoms with van der Waals surface area (Å²) in [7, 11) is 0. The zero-order valence-electron chi connectivity index (χ0n) is 17.5. The van der Waals surface area contributed by atoms with Crippen molar-refractivity contribution in [3.63, 3.8) is 0 Å². The van der Waals surface area contributed by atoms with E-state index >= 15 is 0 Å². The molecule has 1 aliphatic heterocycles. The highest BCUT2D eigenvalue weighted by Gasteiger charge is 2.36. The van der Waals surface area contributed by atoms with E-state index < -0.39 is 16.8 Å². The molecule has 0 bridgehead atoms. The Kier molecular flexibility index (Phi) is 6.75. The number of carbonyl (C=O) groups is 1. The van der Waals surface area contributed by atoms with E-state index in [1.54, 1.807) is 50.2 Å². The molecule has 0 aliphatic carbocycles. The number of hydrogen-bond acceptors (Lipinski definition) is 8. The number of ether oxygens (including phenoxy) is 3. The molecule has 9 heteroatoms. The molecule has 1 aliphatic rings. The summed E-state index contributed by atoms with van der Waals surface area (Å²) in [5.74, 6) is -0.525. The van der Waals surface area contributed by atoms with Gasteiger partial charge in [0.05, 0.1) is 23.0 Å². The van der Waals surface area contributed by atoms with Gasteiger partial charge in [-0.15, -0.1) is 0 Å². The van der Waals surface area contributed by atoms with Gasteiger partial charge in [0.1, 0.15) is 29.8 Å². The number of rotatable bonds is 7. The molecule has 1 heterocycles. The molecule has 0 radical (unpaired) electrons. The lowest BCUT2D eigenvalue weighted by Crippen LogP contribution is -2.25. The van der Waals surface area contributed by atoms with E-state index in [0.29, 0.717) is 11.3 Å². The number of nitrogens with zero attached hydrogens (tertiary/aromatic N) is 2. The second kappa shape index (κ2) is 9.66. The van der Waals surface area contributed by atoms with Crippen LogP contribution in [0.25, 0.3) is 0 Å². The van der Waals surface area contributed by atoms with Crippen molar-refractivity contribution < 1.29 is 23.9 Å². The second-order valence-electron chi connectivity index (χ2n) is 6.90. The van der Waals surface area contributed by atoms with Crippen molar-refractivity contribution in [1.29, 1.82) is 5.26 Å².